The number of imidazole rings is 1. The number of nitrogens with zero attached hydrogens (tertiary/aromatic N) is 1. The van der Waals surface area contributed by atoms with Gasteiger partial charge in [-0.05, 0) is 23.6 Å². The minimum Gasteiger partial charge on any atom is -0.338 e. The summed E-state index contributed by atoms with van der Waals surface area (Å²) < 4.78 is 0. The van der Waals surface area contributed by atoms with Gasteiger partial charge >= 0.3 is 0 Å². The van der Waals surface area contributed by atoms with Gasteiger partial charge in [0, 0.05) is 27.1 Å². The molecule has 0 fully saturated rings. The first kappa shape index (κ1) is 16.4. The number of H-pyrrole nitrogens is 1. The van der Waals surface area contributed by atoms with E-state index < -0.39 is 0 Å². The molecular formula is C23H14Cl2N2. The summed E-state index contributed by atoms with van der Waals surface area (Å²) in [6, 6.07) is 26.0. The van der Waals surface area contributed by atoms with Crippen LogP contribution in [0.5, 0.6) is 0 Å². The van der Waals surface area contributed by atoms with E-state index in [-0.39, 0.29) is 0 Å². The zero-order valence-electron chi connectivity index (χ0n) is 14.2. The molecule has 4 aromatic carbocycles. The van der Waals surface area contributed by atoms with Crippen LogP contribution in [-0.2, 0) is 0 Å². The third kappa shape index (κ3) is 2.69. The van der Waals surface area contributed by atoms with Crippen molar-refractivity contribution < 1.29 is 0 Å². The molecule has 0 spiro atoms. The van der Waals surface area contributed by atoms with Crippen molar-refractivity contribution in [1.29, 1.82) is 0 Å². The fourth-order valence-corrected chi connectivity index (χ4v) is 4.11. The number of aromatic nitrogens is 2. The summed E-state index contributed by atoms with van der Waals surface area (Å²) in [5, 5.41) is 3.44. The van der Waals surface area contributed by atoms with Crippen LogP contribution in [0, 0.1) is 0 Å². The summed E-state index contributed by atoms with van der Waals surface area (Å²) >= 11 is 13.4. The Bertz CT molecular complexity index is 1270. The van der Waals surface area contributed by atoms with Crippen molar-refractivity contribution in [2.24, 2.45) is 0 Å². The van der Waals surface area contributed by atoms with Crippen LogP contribution >= 0.6 is 23.2 Å². The first-order valence-corrected chi connectivity index (χ1v) is 9.39. The SMILES string of the molecule is Clc1cccc(-c2nc3ccccc3[nH]2)c1-c1ccc2ccccc2c1Cl. The topological polar surface area (TPSA) is 28.7 Å². The van der Waals surface area contributed by atoms with Crippen molar-refractivity contribution in [3.63, 3.8) is 0 Å². The Kier molecular flexibility index (Phi) is 3.89. The normalized spacial score (nSPS) is 11.3. The van der Waals surface area contributed by atoms with Crippen molar-refractivity contribution in [3.05, 3.63) is 88.9 Å². The smallest absolute Gasteiger partial charge is 0.139 e. The summed E-state index contributed by atoms with van der Waals surface area (Å²) in [5.74, 6) is 0.776. The second-order valence-corrected chi connectivity index (χ2v) is 7.20. The first-order valence-electron chi connectivity index (χ1n) is 8.63. The summed E-state index contributed by atoms with van der Waals surface area (Å²) in [7, 11) is 0. The van der Waals surface area contributed by atoms with Crippen molar-refractivity contribution in [1.82, 2.24) is 9.97 Å². The molecule has 0 amide bonds. The molecule has 5 aromatic rings. The lowest BCUT2D eigenvalue weighted by Crippen LogP contribution is -1.90. The van der Waals surface area contributed by atoms with Gasteiger partial charge in [-0.2, -0.15) is 0 Å². The van der Waals surface area contributed by atoms with Crippen molar-refractivity contribution in [2.45, 2.75) is 0 Å². The largest absolute Gasteiger partial charge is 0.338 e. The zero-order chi connectivity index (χ0) is 18.4. The molecule has 0 radical (unpaired) electrons. The van der Waals surface area contributed by atoms with E-state index in [2.05, 4.69) is 17.1 Å². The van der Waals surface area contributed by atoms with Crippen LogP contribution in [0.3, 0.4) is 0 Å². The van der Waals surface area contributed by atoms with E-state index in [1.54, 1.807) is 0 Å². The number of hydrogen-bond donors (Lipinski definition) is 1. The van der Waals surface area contributed by atoms with Crippen LogP contribution < -0.4 is 0 Å². The lowest BCUT2D eigenvalue weighted by Gasteiger charge is -2.13. The fraction of sp³-hybridized carbons (Fsp3) is 0. The fourth-order valence-electron chi connectivity index (χ4n) is 3.50. The lowest BCUT2D eigenvalue weighted by atomic mass is 9.96. The van der Waals surface area contributed by atoms with Gasteiger partial charge in [0.1, 0.15) is 5.82 Å². The van der Waals surface area contributed by atoms with Crippen LogP contribution in [-0.4, -0.2) is 9.97 Å². The van der Waals surface area contributed by atoms with Crippen LogP contribution in [0.4, 0.5) is 0 Å². The first-order chi connectivity index (χ1) is 13.2. The molecule has 0 atom stereocenters. The molecule has 0 aliphatic carbocycles. The highest BCUT2D eigenvalue weighted by Crippen LogP contribution is 2.42. The average Bonchev–Trinajstić information content (AvgIpc) is 3.13. The van der Waals surface area contributed by atoms with Gasteiger partial charge in [0.15, 0.2) is 0 Å². The van der Waals surface area contributed by atoms with E-state index in [9.17, 15) is 0 Å². The maximum Gasteiger partial charge on any atom is 0.139 e. The summed E-state index contributed by atoms with van der Waals surface area (Å²) in [6.07, 6.45) is 0. The second kappa shape index (κ2) is 6.41. The van der Waals surface area contributed by atoms with E-state index in [0.717, 1.165) is 44.3 Å². The van der Waals surface area contributed by atoms with Gasteiger partial charge in [0.2, 0.25) is 0 Å². The Labute approximate surface area is 166 Å². The second-order valence-electron chi connectivity index (χ2n) is 6.41. The van der Waals surface area contributed by atoms with Gasteiger partial charge in [-0.25, -0.2) is 4.98 Å². The average molecular weight is 389 g/mol. The quantitative estimate of drug-likeness (QED) is 0.336. The van der Waals surface area contributed by atoms with Crippen molar-refractivity contribution in [2.75, 3.05) is 0 Å². The van der Waals surface area contributed by atoms with Crippen molar-refractivity contribution in [3.8, 4) is 22.5 Å². The Morgan fingerprint density at radius 2 is 1.52 bits per heavy atom. The van der Waals surface area contributed by atoms with E-state index in [1.807, 2.05) is 66.7 Å². The van der Waals surface area contributed by atoms with Crippen LogP contribution in [0.1, 0.15) is 0 Å². The molecule has 1 aromatic heterocycles. The molecule has 0 aliphatic heterocycles. The third-order valence-electron chi connectivity index (χ3n) is 4.79. The molecule has 1 heterocycles. The minimum absolute atomic E-state index is 0.644. The van der Waals surface area contributed by atoms with Gasteiger partial charge < -0.3 is 4.98 Å². The predicted octanol–water partition coefficient (Wildman–Crippen LogP) is 7.36. The maximum absolute atomic E-state index is 6.80. The monoisotopic (exact) mass is 388 g/mol. The molecule has 130 valence electrons. The standard InChI is InChI=1S/C23H14Cl2N2/c24-18-9-5-8-17(23-26-19-10-3-4-11-20(19)27-23)21(18)16-13-12-14-6-1-2-7-15(14)22(16)25/h1-13H,(H,26,27). The maximum atomic E-state index is 6.80. The number of para-hydroxylation sites is 2. The highest BCUT2D eigenvalue weighted by atomic mass is 35.5. The number of benzene rings is 4. The van der Waals surface area contributed by atoms with E-state index in [1.165, 1.54) is 0 Å². The summed E-state index contributed by atoms with van der Waals surface area (Å²) in [6.45, 7) is 0. The molecule has 0 saturated heterocycles. The number of halogens is 2. The molecule has 0 unspecified atom stereocenters. The molecule has 5 rings (SSSR count). The number of fused-ring (bicyclic) bond motifs is 2. The number of hydrogen-bond acceptors (Lipinski definition) is 1. The molecule has 0 saturated carbocycles. The lowest BCUT2D eigenvalue weighted by molar-refractivity contribution is 1.34. The van der Waals surface area contributed by atoms with Gasteiger partial charge in [-0.1, -0.05) is 83.9 Å². The third-order valence-corrected chi connectivity index (χ3v) is 5.51. The minimum atomic E-state index is 0.644. The summed E-state index contributed by atoms with van der Waals surface area (Å²) in [5.41, 5.74) is 4.62. The van der Waals surface area contributed by atoms with Gasteiger partial charge in [-0.15, -0.1) is 0 Å². The summed E-state index contributed by atoms with van der Waals surface area (Å²) in [4.78, 5) is 8.14. The van der Waals surface area contributed by atoms with Gasteiger partial charge in [0.05, 0.1) is 16.1 Å². The number of aromatic amines is 1. The van der Waals surface area contributed by atoms with Gasteiger partial charge in [0.25, 0.3) is 0 Å². The molecule has 4 heteroatoms. The Morgan fingerprint density at radius 1 is 0.704 bits per heavy atom. The predicted molar refractivity (Wildman–Crippen MR) is 114 cm³/mol. The van der Waals surface area contributed by atoms with E-state index in [0.29, 0.717) is 10.0 Å². The Hall–Kier alpha value is -2.81. The highest BCUT2D eigenvalue weighted by molar-refractivity contribution is 6.40. The highest BCUT2D eigenvalue weighted by Gasteiger charge is 2.17. The molecule has 27 heavy (non-hydrogen) atoms. The molecule has 1 N–H and O–H groups in total. The molecular weight excluding hydrogens is 375 g/mol. The number of rotatable bonds is 2. The molecule has 0 aliphatic rings. The molecule has 2 nitrogen and oxygen atoms in total. The Morgan fingerprint density at radius 3 is 2.41 bits per heavy atom. The number of nitrogens with one attached hydrogen (secondary N) is 1. The van der Waals surface area contributed by atoms with Crippen molar-refractivity contribution >= 4 is 45.0 Å². The Balaban J connectivity index is 1.80. The van der Waals surface area contributed by atoms with Crippen LogP contribution in [0.2, 0.25) is 10.0 Å². The van der Waals surface area contributed by atoms with Crippen LogP contribution in [0.15, 0.2) is 78.9 Å². The molecule has 0 bridgehead atoms. The van der Waals surface area contributed by atoms with Crippen LogP contribution in [0.25, 0.3) is 44.3 Å². The zero-order valence-corrected chi connectivity index (χ0v) is 15.7. The van der Waals surface area contributed by atoms with Gasteiger partial charge in [-0.3, -0.25) is 0 Å². The van der Waals surface area contributed by atoms with E-state index >= 15 is 0 Å². The van der Waals surface area contributed by atoms with E-state index in [4.69, 9.17) is 28.2 Å².